The van der Waals surface area contributed by atoms with Gasteiger partial charge in [0, 0.05) is 37.1 Å². The third kappa shape index (κ3) is 13.2. The minimum Gasteiger partial charge on any atom is -0.354 e. The predicted molar refractivity (Wildman–Crippen MR) is 230 cm³/mol. The van der Waals surface area contributed by atoms with E-state index in [9.17, 15) is 46.7 Å². The van der Waals surface area contributed by atoms with Crippen LogP contribution in [0.25, 0.3) is 0 Å². The van der Waals surface area contributed by atoms with Crippen LogP contribution in [0.1, 0.15) is 118 Å². The lowest BCUT2D eigenvalue weighted by atomic mass is 9.72. The van der Waals surface area contributed by atoms with Gasteiger partial charge in [0.1, 0.15) is 41.2 Å². The lowest BCUT2D eigenvalue weighted by Crippen LogP contribution is -2.62. The first-order chi connectivity index (χ1) is 28.9. The zero-order chi connectivity index (χ0) is 46.7. The molecule has 1 aromatic rings. The van der Waals surface area contributed by atoms with Crippen molar-refractivity contribution in [2.75, 3.05) is 20.6 Å². The summed E-state index contributed by atoms with van der Waals surface area (Å²) in [5, 5.41) is 13.9. The van der Waals surface area contributed by atoms with Crippen LogP contribution in [-0.2, 0) is 40.0 Å². The second-order valence-electron chi connectivity index (χ2n) is 17.5. The van der Waals surface area contributed by atoms with E-state index >= 15 is 0 Å². The van der Waals surface area contributed by atoms with Crippen LogP contribution in [0.3, 0.4) is 0 Å². The van der Waals surface area contributed by atoms with Crippen molar-refractivity contribution in [3.05, 3.63) is 33.8 Å². The van der Waals surface area contributed by atoms with Gasteiger partial charge in [-0.1, -0.05) is 70.2 Å². The molecule has 1 aliphatic heterocycles. The lowest BCUT2D eigenvalue weighted by Gasteiger charge is -2.38. The molecular weight excluding hydrogens is 854 g/mol. The van der Waals surface area contributed by atoms with Crippen LogP contribution < -0.4 is 26.6 Å². The SMILES string of the molecule is CC[C@H](NC(=O)C1(C(F)(F)F)CCCCC1)C(=O)N[C@@H](CC)C(=O)N(C)[C@H]1CCCCNC(=O)C(C)(C)NC(=O)[C@H](Cc2cc(Cl)ccc2Cl)N(C)C(=O)[C@H](CC(C)C)NC1=O. The Balaban J connectivity index is 1.94. The Bertz CT molecular complexity index is 1790. The number of carbonyl (C=O) groups is 7. The van der Waals surface area contributed by atoms with Crippen LogP contribution in [0.4, 0.5) is 13.2 Å². The third-order valence-corrected chi connectivity index (χ3v) is 12.5. The fraction of sp³-hybridized carbons (Fsp3) is 0.698. The molecule has 0 aromatic heterocycles. The molecule has 0 bridgehead atoms. The second kappa shape index (κ2) is 22.5. The smallest absolute Gasteiger partial charge is 0.354 e. The zero-order valence-corrected chi connectivity index (χ0v) is 38.5. The number of likely N-dealkylation sites (N-methyl/N-ethyl adjacent to an activating group) is 2. The first-order valence-corrected chi connectivity index (χ1v) is 22.2. The largest absolute Gasteiger partial charge is 0.403 e. The standard InChI is InChI=1S/C43H64Cl2F3N7O7/c1-9-29(52-40(62)42(43(46,47)48)19-13-11-14-20-42)34(56)50-30(10-2)37(59)54(7)32-16-12-15-21-49-39(61)41(5,6)53-36(58)33(24-26-23-27(44)17-18-28(26)45)55(8)38(60)31(22-25(3)4)51-35(32)57/h17-18,23,25,29-33H,9-16,19-22,24H2,1-8H3,(H,49,61)(H,50,56)(H,51,57)(H,52,62)(H,53,58)/t29-,30-,31-,32-,33-/m0/s1. The average molecular weight is 919 g/mol. The molecule has 7 amide bonds. The van der Waals surface area contributed by atoms with Crippen molar-refractivity contribution in [3.8, 4) is 0 Å². The Hall–Kier alpha value is -4.12. The van der Waals surface area contributed by atoms with Crippen LogP contribution in [-0.4, -0.2) is 114 Å². The van der Waals surface area contributed by atoms with Crippen molar-refractivity contribution < 1.29 is 46.7 Å². The highest BCUT2D eigenvalue weighted by atomic mass is 35.5. The summed E-state index contributed by atoms with van der Waals surface area (Å²) in [6, 6.07) is -1.49. The quantitative estimate of drug-likeness (QED) is 0.190. The maximum absolute atomic E-state index is 14.4. The molecule has 2 aliphatic rings. The van der Waals surface area contributed by atoms with Crippen LogP contribution >= 0.6 is 23.2 Å². The van der Waals surface area contributed by atoms with Gasteiger partial charge in [-0.15, -0.1) is 0 Å². The molecule has 5 atom stereocenters. The van der Waals surface area contributed by atoms with Gasteiger partial charge in [-0.2, -0.15) is 13.2 Å². The number of nitrogens with zero attached hydrogens (tertiary/aromatic N) is 2. The highest BCUT2D eigenvalue weighted by Crippen LogP contribution is 2.49. The molecule has 14 nitrogen and oxygen atoms in total. The number of alkyl halides is 3. The highest BCUT2D eigenvalue weighted by Gasteiger charge is 2.60. The topological polar surface area (TPSA) is 186 Å². The minimum absolute atomic E-state index is 0.0291. The number of hydrogen-bond acceptors (Lipinski definition) is 7. The summed E-state index contributed by atoms with van der Waals surface area (Å²) >= 11 is 12.8. The fourth-order valence-electron chi connectivity index (χ4n) is 7.96. The Morgan fingerprint density at radius 3 is 2.15 bits per heavy atom. The summed E-state index contributed by atoms with van der Waals surface area (Å²) in [6.45, 7) is 10.1. The van der Waals surface area contributed by atoms with Crippen molar-refractivity contribution in [2.45, 2.75) is 161 Å². The van der Waals surface area contributed by atoms with Crippen LogP contribution in [0.2, 0.25) is 10.0 Å². The average Bonchev–Trinajstić information content (AvgIpc) is 3.20. The molecule has 1 saturated carbocycles. The molecule has 3 rings (SSSR count). The van der Waals surface area contributed by atoms with Crippen molar-refractivity contribution in [3.63, 3.8) is 0 Å². The number of halogens is 5. The number of carbonyl (C=O) groups excluding carboxylic acids is 7. The number of rotatable bonds is 12. The van der Waals surface area contributed by atoms with Gasteiger partial charge in [-0.25, -0.2) is 0 Å². The van der Waals surface area contributed by atoms with Crippen LogP contribution in [0.15, 0.2) is 18.2 Å². The number of benzene rings is 1. The Labute approximate surface area is 372 Å². The lowest BCUT2D eigenvalue weighted by molar-refractivity contribution is -0.230. The van der Waals surface area contributed by atoms with Crippen molar-refractivity contribution in [2.24, 2.45) is 11.3 Å². The van der Waals surface area contributed by atoms with Crippen LogP contribution in [0.5, 0.6) is 0 Å². The van der Waals surface area contributed by atoms with Crippen molar-refractivity contribution in [1.29, 1.82) is 0 Å². The van der Waals surface area contributed by atoms with Crippen molar-refractivity contribution >= 4 is 64.6 Å². The fourth-order valence-corrected chi connectivity index (χ4v) is 8.35. The first kappa shape index (κ1) is 52.2. The maximum Gasteiger partial charge on any atom is 0.403 e. The van der Waals surface area contributed by atoms with Gasteiger partial charge in [0.25, 0.3) is 0 Å². The van der Waals surface area contributed by atoms with Gasteiger partial charge < -0.3 is 36.4 Å². The Morgan fingerprint density at radius 2 is 1.56 bits per heavy atom. The molecule has 0 radical (unpaired) electrons. The van der Waals surface area contributed by atoms with Gasteiger partial charge in [-0.05, 0) is 94.9 Å². The van der Waals surface area contributed by atoms with Gasteiger partial charge in [-0.3, -0.25) is 33.6 Å². The van der Waals surface area contributed by atoms with E-state index in [1.807, 2.05) is 13.8 Å². The molecule has 19 heteroatoms. The molecule has 0 spiro atoms. The highest BCUT2D eigenvalue weighted by molar-refractivity contribution is 6.33. The Kier molecular flexibility index (Phi) is 18.9. The molecule has 1 heterocycles. The number of amides is 7. The minimum atomic E-state index is -4.82. The van der Waals surface area contributed by atoms with E-state index in [1.165, 1.54) is 39.8 Å². The zero-order valence-electron chi connectivity index (χ0n) is 37.0. The molecular formula is C43H64Cl2F3N7O7. The van der Waals surface area contributed by atoms with Crippen LogP contribution in [0, 0.1) is 11.3 Å². The molecule has 2 fully saturated rings. The summed E-state index contributed by atoms with van der Waals surface area (Å²) in [5.41, 5.74) is -3.57. The molecule has 5 N–H and O–H groups in total. The third-order valence-electron chi connectivity index (χ3n) is 11.9. The summed E-state index contributed by atoms with van der Waals surface area (Å²) < 4.78 is 42.9. The van der Waals surface area contributed by atoms with Gasteiger partial charge >= 0.3 is 6.18 Å². The first-order valence-electron chi connectivity index (χ1n) is 21.5. The van der Waals surface area contributed by atoms with E-state index in [0.29, 0.717) is 34.9 Å². The number of nitrogens with one attached hydrogen (secondary N) is 5. The number of hydrogen-bond donors (Lipinski definition) is 5. The molecule has 1 aromatic carbocycles. The molecule has 1 saturated heterocycles. The van der Waals surface area contributed by atoms with Crippen molar-refractivity contribution in [1.82, 2.24) is 36.4 Å². The second-order valence-corrected chi connectivity index (χ2v) is 18.3. The summed E-state index contributed by atoms with van der Waals surface area (Å²) in [5.74, 6) is -5.42. The summed E-state index contributed by atoms with van der Waals surface area (Å²) in [7, 11) is 2.78. The van der Waals surface area contributed by atoms with E-state index < -0.39 is 88.7 Å². The van der Waals surface area contributed by atoms with Gasteiger partial charge in [0.2, 0.25) is 41.4 Å². The predicted octanol–water partition coefficient (Wildman–Crippen LogP) is 5.22. The van der Waals surface area contributed by atoms with Gasteiger partial charge in [0.15, 0.2) is 0 Å². The van der Waals surface area contributed by atoms with E-state index in [4.69, 9.17) is 23.2 Å². The monoisotopic (exact) mass is 917 g/mol. The molecule has 1 aliphatic carbocycles. The van der Waals surface area contributed by atoms with E-state index in [-0.39, 0.29) is 70.3 Å². The van der Waals surface area contributed by atoms with E-state index in [2.05, 4.69) is 26.6 Å². The molecule has 62 heavy (non-hydrogen) atoms. The maximum atomic E-state index is 14.4. The van der Waals surface area contributed by atoms with E-state index in [0.717, 1.165) is 4.90 Å². The normalized spacial score (nSPS) is 22.7. The van der Waals surface area contributed by atoms with Gasteiger partial charge in [0.05, 0.1) is 0 Å². The summed E-state index contributed by atoms with van der Waals surface area (Å²) in [4.78, 5) is 99.5. The molecule has 348 valence electrons. The Morgan fingerprint density at radius 1 is 0.935 bits per heavy atom. The van der Waals surface area contributed by atoms with E-state index in [1.54, 1.807) is 25.1 Å². The molecule has 0 unspecified atom stereocenters. The summed E-state index contributed by atoms with van der Waals surface area (Å²) in [6.07, 6.45) is -3.80.